The van der Waals surface area contributed by atoms with E-state index in [1.54, 1.807) is 42.5 Å². The summed E-state index contributed by atoms with van der Waals surface area (Å²) in [7, 11) is 0. The third kappa shape index (κ3) is 5.08. The van der Waals surface area contributed by atoms with Gasteiger partial charge in [0.1, 0.15) is 11.6 Å². The van der Waals surface area contributed by atoms with Gasteiger partial charge in [-0.3, -0.25) is 4.79 Å². The first-order valence-electron chi connectivity index (χ1n) is 6.53. The lowest BCUT2D eigenvalue weighted by molar-refractivity contribution is -0.121. The van der Waals surface area contributed by atoms with E-state index in [0.29, 0.717) is 16.3 Å². The van der Waals surface area contributed by atoms with Crippen LogP contribution in [0.5, 0.6) is 5.75 Å². The number of amides is 1. The number of ether oxygens (including phenoxy) is 1. The largest absolute Gasteiger partial charge is 0.493 e. The van der Waals surface area contributed by atoms with Gasteiger partial charge in [0.15, 0.2) is 0 Å². The summed E-state index contributed by atoms with van der Waals surface area (Å²) in [5, 5.41) is 3.28. The van der Waals surface area contributed by atoms with E-state index in [4.69, 9.17) is 16.3 Å². The summed E-state index contributed by atoms with van der Waals surface area (Å²) in [5.41, 5.74) is 0.462. The third-order valence-corrected chi connectivity index (χ3v) is 3.10. The molecule has 0 atom stereocenters. The van der Waals surface area contributed by atoms with Crippen LogP contribution in [0, 0.1) is 5.82 Å². The molecule has 0 aromatic heterocycles. The Morgan fingerprint density at radius 1 is 1.14 bits per heavy atom. The van der Waals surface area contributed by atoms with Gasteiger partial charge in [0, 0.05) is 17.1 Å². The van der Waals surface area contributed by atoms with E-state index in [0.717, 1.165) is 0 Å². The fraction of sp³-hybridized carbons (Fsp3) is 0.188. The van der Waals surface area contributed by atoms with Crippen molar-refractivity contribution in [1.29, 1.82) is 0 Å². The quantitative estimate of drug-likeness (QED) is 0.886. The summed E-state index contributed by atoms with van der Waals surface area (Å²) in [6.07, 6.45) is 0.205. The molecular weight excluding hydrogens is 293 g/mol. The Hall–Kier alpha value is -2.07. The van der Waals surface area contributed by atoms with E-state index >= 15 is 0 Å². The van der Waals surface area contributed by atoms with Crippen molar-refractivity contribution in [3.8, 4) is 5.75 Å². The number of benzene rings is 2. The summed E-state index contributed by atoms with van der Waals surface area (Å²) in [6.45, 7) is 0.428. The van der Waals surface area contributed by atoms with Gasteiger partial charge in [0.05, 0.1) is 13.0 Å². The number of hydrogen-bond acceptors (Lipinski definition) is 2. The Bertz CT molecular complexity index is 601. The average molecular weight is 308 g/mol. The zero-order chi connectivity index (χ0) is 15.1. The van der Waals surface area contributed by atoms with Crippen molar-refractivity contribution in [2.24, 2.45) is 0 Å². The number of carbonyl (C=O) groups is 1. The van der Waals surface area contributed by atoms with Crippen LogP contribution in [0.3, 0.4) is 0 Å². The maximum Gasteiger partial charge on any atom is 0.223 e. The Balaban J connectivity index is 1.70. The zero-order valence-corrected chi connectivity index (χ0v) is 12.1. The van der Waals surface area contributed by atoms with Crippen molar-refractivity contribution < 1.29 is 13.9 Å². The van der Waals surface area contributed by atoms with Crippen LogP contribution in [-0.2, 0) is 11.3 Å². The van der Waals surface area contributed by atoms with Crippen LogP contribution in [0.15, 0.2) is 48.5 Å². The first-order chi connectivity index (χ1) is 10.1. The van der Waals surface area contributed by atoms with E-state index in [2.05, 4.69) is 5.32 Å². The van der Waals surface area contributed by atoms with E-state index < -0.39 is 0 Å². The molecule has 0 aliphatic rings. The lowest BCUT2D eigenvalue weighted by Gasteiger charge is -2.08. The summed E-state index contributed by atoms with van der Waals surface area (Å²) >= 11 is 5.76. The van der Waals surface area contributed by atoms with E-state index in [1.807, 2.05) is 0 Å². The number of rotatable bonds is 6. The van der Waals surface area contributed by atoms with Crippen LogP contribution in [0.1, 0.15) is 12.0 Å². The van der Waals surface area contributed by atoms with Crippen molar-refractivity contribution >= 4 is 17.5 Å². The van der Waals surface area contributed by atoms with Gasteiger partial charge in [0.25, 0.3) is 0 Å². The van der Waals surface area contributed by atoms with Crippen LogP contribution >= 0.6 is 11.6 Å². The maximum atomic E-state index is 13.4. The fourth-order valence-corrected chi connectivity index (χ4v) is 1.84. The number of halogens is 2. The summed E-state index contributed by atoms with van der Waals surface area (Å²) in [5.74, 6) is 0.142. The van der Waals surface area contributed by atoms with Gasteiger partial charge >= 0.3 is 0 Å². The van der Waals surface area contributed by atoms with Crippen molar-refractivity contribution in [2.45, 2.75) is 13.0 Å². The highest BCUT2D eigenvalue weighted by Gasteiger charge is 2.05. The molecule has 1 amide bonds. The van der Waals surface area contributed by atoms with Crippen molar-refractivity contribution in [3.05, 3.63) is 64.9 Å². The topological polar surface area (TPSA) is 38.3 Å². The second-order valence-corrected chi connectivity index (χ2v) is 4.86. The smallest absolute Gasteiger partial charge is 0.223 e. The molecule has 0 saturated heterocycles. The minimum absolute atomic E-state index is 0.173. The second-order valence-electron chi connectivity index (χ2n) is 4.42. The minimum atomic E-state index is -0.324. The van der Waals surface area contributed by atoms with Gasteiger partial charge in [-0.05, 0) is 30.3 Å². The molecule has 110 valence electrons. The molecular formula is C16H15ClFNO2. The van der Waals surface area contributed by atoms with Crippen LogP contribution in [0.2, 0.25) is 5.02 Å². The minimum Gasteiger partial charge on any atom is -0.493 e. The molecule has 0 fully saturated rings. The summed E-state index contributed by atoms with van der Waals surface area (Å²) in [4.78, 5) is 11.6. The molecule has 0 saturated carbocycles. The average Bonchev–Trinajstić information content (AvgIpc) is 2.48. The van der Waals surface area contributed by atoms with Crippen molar-refractivity contribution in [3.63, 3.8) is 0 Å². The monoisotopic (exact) mass is 307 g/mol. The highest BCUT2D eigenvalue weighted by molar-refractivity contribution is 6.30. The van der Waals surface area contributed by atoms with Crippen LogP contribution in [0.25, 0.3) is 0 Å². The first kappa shape index (κ1) is 15.3. The molecule has 0 unspecified atom stereocenters. The molecule has 1 N–H and O–H groups in total. The van der Waals surface area contributed by atoms with Crippen molar-refractivity contribution in [1.82, 2.24) is 5.32 Å². The Labute approximate surface area is 127 Å². The van der Waals surface area contributed by atoms with Crippen molar-refractivity contribution in [2.75, 3.05) is 6.61 Å². The Morgan fingerprint density at radius 2 is 1.86 bits per heavy atom. The van der Waals surface area contributed by atoms with Gasteiger partial charge in [0.2, 0.25) is 5.91 Å². The fourth-order valence-electron chi connectivity index (χ4n) is 1.72. The maximum absolute atomic E-state index is 13.4. The number of nitrogens with one attached hydrogen (secondary N) is 1. The highest BCUT2D eigenvalue weighted by atomic mass is 35.5. The zero-order valence-electron chi connectivity index (χ0n) is 11.3. The molecule has 0 aliphatic heterocycles. The lowest BCUT2D eigenvalue weighted by atomic mass is 10.2. The molecule has 5 heteroatoms. The summed E-state index contributed by atoms with van der Waals surface area (Å²) in [6, 6.07) is 13.3. The van der Waals surface area contributed by atoms with Gasteiger partial charge in [-0.1, -0.05) is 29.8 Å². The van der Waals surface area contributed by atoms with Crippen LogP contribution in [0.4, 0.5) is 4.39 Å². The predicted octanol–water partition coefficient (Wildman–Crippen LogP) is 3.56. The van der Waals surface area contributed by atoms with E-state index in [9.17, 15) is 9.18 Å². The molecule has 0 bridgehead atoms. The number of carbonyl (C=O) groups excluding carboxylic acids is 1. The van der Waals surface area contributed by atoms with Crippen LogP contribution in [-0.4, -0.2) is 12.5 Å². The SMILES string of the molecule is O=C(CCOc1ccc(Cl)cc1)NCc1ccccc1F. The van der Waals surface area contributed by atoms with Gasteiger partial charge in [-0.15, -0.1) is 0 Å². The molecule has 21 heavy (non-hydrogen) atoms. The molecule has 2 aromatic rings. The van der Waals surface area contributed by atoms with E-state index in [-0.39, 0.29) is 31.3 Å². The normalized spacial score (nSPS) is 10.2. The lowest BCUT2D eigenvalue weighted by Crippen LogP contribution is -2.24. The molecule has 0 radical (unpaired) electrons. The van der Waals surface area contributed by atoms with E-state index in [1.165, 1.54) is 6.07 Å². The number of hydrogen-bond donors (Lipinski definition) is 1. The second kappa shape index (κ2) is 7.64. The van der Waals surface area contributed by atoms with Crippen LogP contribution < -0.4 is 10.1 Å². The Kier molecular flexibility index (Phi) is 5.58. The molecule has 2 aromatic carbocycles. The molecule has 0 heterocycles. The molecule has 0 aliphatic carbocycles. The van der Waals surface area contributed by atoms with Gasteiger partial charge in [-0.2, -0.15) is 0 Å². The summed E-state index contributed by atoms with van der Waals surface area (Å²) < 4.78 is 18.8. The van der Waals surface area contributed by atoms with Gasteiger partial charge in [-0.25, -0.2) is 4.39 Å². The molecule has 2 rings (SSSR count). The first-order valence-corrected chi connectivity index (χ1v) is 6.91. The highest BCUT2D eigenvalue weighted by Crippen LogP contribution is 2.15. The standard InChI is InChI=1S/C16H15ClFNO2/c17-13-5-7-14(8-6-13)21-10-9-16(20)19-11-12-3-1-2-4-15(12)18/h1-8H,9-11H2,(H,19,20). The molecule has 0 spiro atoms. The Morgan fingerprint density at radius 3 is 2.57 bits per heavy atom. The third-order valence-electron chi connectivity index (χ3n) is 2.85. The predicted molar refractivity (Wildman–Crippen MR) is 79.8 cm³/mol. The molecule has 3 nitrogen and oxygen atoms in total. The van der Waals surface area contributed by atoms with Gasteiger partial charge < -0.3 is 10.1 Å².